The molecule has 5 nitrogen and oxygen atoms in total. The van der Waals surface area contributed by atoms with Crippen molar-refractivity contribution in [2.24, 2.45) is 7.05 Å². The summed E-state index contributed by atoms with van der Waals surface area (Å²) < 4.78 is 28.1. The average molecular weight is 310 g/mol. The van der Waals surface area contributed by atoms with Crippen molar-refractivity contribution in [3.8, 4) is 0 Å². The molecule has 1 aromatic heterocycles. The lowest BCUT2D eigenvalue weighted by molar-refractivity contribution is 0.449. The first-order chi connectivity index (χ1) is 7.33. The second kappa shape index (κ2) is 4.85. The monoisotopic (exact) mass is 309 g/mol. The van der Waals surface area contributed by atoms with Crippen LogP contribution < -0.4 is 4.72 Å². The van der Waals surface area contributed by atoms with Crippen molar-refractivity contribution >= 4 is 26.0 Å². The molecule has 1 N–H and O–H groups in total. The molecule has 16 heavy (non-hydrogen) atoms. The fourth-order valence-corrected chi connectivity index (χ4v) is 3.30. The van der Waals surface area contributed by atoms with Crippen LogP contribution in [0, 0.1) is 0 Å². The summed E-state index contributed by atoms with van der Waals surface area (Å²) in [4.78, 5) is 0.190. The summed E-state index contributed by atoms with van der Waals surface area (Å²) in [6.07, 6.45) is 3.52. The van der Waals surface area contributed by atoms with Gasteiger partial charge in [0.2, 0.25) is 10.0 Å². The van der Waals surface area contributed by atoms with Gasteiger partial charge in [0, 0.05) is 24.1 Å². The van der Waals surface area contributed by atoms with Gasteiger partial charge in [-0.25, -0.2) is 13.1 Å². The molecule has 0 bridgehead atoms. The van der Waals surface area contributed by atoms with Crippen LogP contribution in [0.25, 0.3) is 0 Å². The van der Waals surface area contributed by atoms with Gasteiger partial charge in [-0.1, -0.05) is 22.9 Å². The first kappa shape index (κ1) is 13.7. The Labute approximate surface area is 104 Å². The lowest BCUT2D eigenvalue weighted by Crippen LogP contribution is -2.46. The maximum atomic E-state index is 12.0. The van der Waals surface area contributed by atoms with E-state index in [0.717, 1.165) is 0 Å². The Morgan fingerprint density at radius 1 is 1.62 bits per heavy atom. The number of hydrogen-bond donors (Lipinski definition) is 1. The zero-order valence-corrected chi connectivity index (χ0v) is 12.0. The summed E-state index contributed by atoms with van der Waals surface area (Å²) in [5.74, 6) is 0. The molecule has 1 aromatic rings. The number of aryl methyl sites for hydroxylation is 1. The number of rotatable bonds is 5. The molecular formula is C9H16BrN3O2S. The predicted molar refractivity (Wildman–Crippen MR) is 66.0 cm³/mol. The van der Waals surface area contributed by atoms with Crippen molar-refractivity contribution in [1.29, 1.82) is 0 Å². The molecule has 1 atom stereocenters. The van der Waals surface area contributed by atoms with Gasteiger partial charge in [-0.2, -0.15) is 5.10 Å². The first-order valence-corrected chi connectivity index (χ1v) is 7.52. The molecule has 7 heteroatoms. The van der Waals surface area contributed by atoms with Crippen molar-refractivity contribution in [2.75, 3.05) is 5.33 Å². The Balaban J connectivity index is 2.96. The number of sulfonamides is 1. The standard InChI is InChI=1S/C9H16BrN3O2S/c1-4-9(2,7-10)12-16(14,15)8-5-11-13(3)6-8/h5-6,12H,4,7H2,1-3H3. The molecule has 1 unspecified atom stereocenters. The van der Waals surface area contributed by atoms with Crippen LogP contribution in [0.2, 0.25) is 0 Å². The van der Waals surface area contributed by atoms with Gasteiger partial charge in [0.05, 0.1) is 6.20 Å². The Hall–Kier alpha value is -0.400. The maximum absolute atomic E-state index is 12.0. The predicted octanol–water partition coefficient (Wildman–Crippen LogP) is 1.26. The Kier molecular flexibility index (Phi) is 4.14. The third kappa shape index (κ3) is 3.05. The lowest BCUT2D eigenvalue weighted by Gasteiger charge is -2.26. The van der Waals surface area contributed by atoms with Crippen LogP contribution in [0.5, 0.6) is 0 Å². The zero-order chi connectivity index (χ0) is 12.4. The number of nitrogens with one attached hydrogen (secondary N) is 1. The van der Waals surface area contributed by atoms with E-state index >= 15 is 0 Å². The van der Waals surface area contributed by atoms with Crippen LogP contribution in [-0.2, 0) is 17.1 Å². The van der Waals surface area contributed by atoms with E-state index in [1.807, 2.05) is 13.8 Å². The molecule has 0 amide bonds. The minimum absolute atomic E-state index is 0.190. The number of halogens is 1. The fraction of sp³-hybridized carbons (Fsp3) is 0.667. The smallest absolute Gasteiger partial charge is 0.244 e. The number of hydrogen-bond acceptors (Lipinski definition) is 3. The Morgan fingerprint density at radius 3 is 2.62 bits per heavy atom. The van der Waals surface area contributed by atoms with Gasteiger partial charge in [0.1, 0.15) is 4.90 Å². The van der Waals surface area contributed by atoms with Crippen molar-refractivity contribution in [1.82, 2.24) is 14.5 Å². The molecule has 0 spiro atoms. The largest absolute Gasteiger partial charge is 0.274 e. The minimum atomic E-state index is -3.48. The van der Waals surface area contributed by atoms with E-state index in [2.05, 4.69) is 25.8 Å². The molecule has 1 rings (SSSR count). The summed E-state index contributed by atoms with van der Waals surface area (Å²) in [5.41, 5.74) is -0.478. The highest BCUT2D eigenvalue weighted by molar-refractivity contribution is 9.09. The van der Waals surface area contributed by atoms with Crippen LogP contribution in [0.3, 0.4) is 0 Å². The van der Waals surface area contributed by atoms with Gasteiger partial charge in [-0.05, 0) is 13.3 Å². The van der Waals surface area contributed by atoms with Crippen LogP contribution in [0.4, 0.5) is 0 Å². The topological polar surface area (TPSA) is 64.0 Å². The molecular weight excluding hydrogens is 294 g/mol. The Morgan fingerprint density at radius 2 is 2.25 bits per heavy atom. The van der Waals surface area contributed by atoms with E-state index < -0.39 is 15.6 Å². The van der Waals surface area contributed by atoms with Gasteiger partial charge in [-0.15, -0.1) is 0 Å². The summed E-state index contributed by atoms with van der Waals surface area (Å²) in [6, 6.07) is 0. The van der Waals surface area contributed by atoms with E-state index in [1.54, 1.807) is 7.05 Å². The second-order valence-electron chi connectivity index (χ2n) is 4.00. The van der Waals surface area contributed by atoms with E-state index in [9.17, 15) is 8.42 Å². The SMILES string of the molecule is CCC(C)(CBr)NS(=O)(=O)c1cnn(C)c1. The van der Waals surface area contributed by atoms with Gasteiger partial charge >= 0.3 is 0 Å². The fourth-order valence-electron chi connectivity index (χ4n) is 1.11. The van der Waals surface area contributed by atoms with Crippen LogP contribution >= 0.6 is 15.9 Å². The van der Waals surface area contributed by atoms with E-state index in [1.165, 1.54) is 17.1 Å². The highest BCUT2D eigenvalue weighted by Crippen LogP contribution is 2.17. The quantitative estimate of drug-likeness (QED) is 0.833. The third-order valence-corrected chi connectivity index (χ3v) is 5.28. The van der Waals surface area contributed by atoms with Crippen molar-refractivity contribution < 1.29 is 8.42 Å². The normalized spacial score (nSPS) is 16.0. The van der Waals surface area contributed by atoms with Crippen LogP contribution in [0.15, 0.2) is 17.3 Å². The number of aromatic nitrogens is 2. The lowest BCUT2D eigenvalue weighted by atomic mass is 10.0. The molecule has 0 fully saturated rings. The number of nitrogens with zero attached hydrogens (tertiary/aromatic N) is 2. The average Bonchev–Trinajstić information content (AvgIpc) is 2.65. The Bertz CT molecular complexity index is 451. The van der Waals surface area contributed by atoms with Crippen molar-refractivity contribution in [3.63, 3.8) is 0 Å². The second-order valence-corrected chi connectivity index (χ2v) is 6.25. The zero-order valence-electron chi connectivity index (χ0n) is 9.57. The van der Waals surface area contributed by atoms with E-state index in [0.29, 0.717) is 11.8 Å². The molecule has 0 aliphatic heterocycles. The molecule has 0 aliphatic rings. The molecule has 1 heterocycles. The minimum Gasteiger partial charge on any atom is -0.274 e. The van der Waals surface area contributed by atoms with Gasteiger partial charge in [0.25, 0.3) is 0 Å². The molecule has 0 saturated carbocycles. The summed E-state index contributed by atoms with van der Waals surface area (Å²) >= 11 is 3.31. The molecule has 92 valence electrons. The molecule has 0 aliphatic carbocycles. The van der Waals surface area contributed by atoms with Gasteiger partial charge < -0.3 is 0 Å². The summed E-state index contributed by atoms with van der Waals surface area (Å²) in [7, 11) is -1.80. The number of alkyl halides is 1. The molecule has 0 radical (unpaired) electrons. The summed E-state index contributed by atoms with van der Waals surface area (Å²) in [5, 5.41) is 4.42. The van der Waals surface area contributed by atoms with E-state index in [-0.39, 0.29) is 4.90 Å². The van der Waals surface area contributed by atoms with Crippen LogP contribution in [0.1, 0.15) is 20.3 Å². The first-order valence-electron chi connectivity index (χ1n) is 4.91. The summed E-state index contributed by atoms with van der Waals surface area (Å²) in [6.45, 7) is 3.79. The van der Waals surface area contributed by atoms with Crippen molar-refractivity contribution in [3.05, 3.63) is 12.4 Å². The third-order valence-electron chi connectivity index (χ3n) is 2.45. The van der Waals surface area contributed by atoms with Gasteiger partial charge in [0.15, 0.2) is 0 Å². The molecule has 0 aromatic carbocycles. The maximum Gasteiger partial charge on any atom is 0.244 e. The van der Waals surface area contributed by atoms with Crippen molar-refractivity contribution in [2.45, 2.75) is 30.7 Å². The highest BCUT2D eigenvalue weighted by atomic mass is 79.9. The highest BCUT2D eigenvalue weighted by Gasteiger charge is 2.28. The van der Waals surface area contributed by atoms with Crippen LogP contribution in [-0.4, -0.2) is 29.1 Å². The van der Waals surface area contributed by atoms with Gasteiger partial charge in [-0.3, -0.25) is 4.68 Å². The molecule has 0 saturated heterocycles. The van der Waals surface area contributed by atoms with E-state index in [4.69, 9.17) is 0 Å².